The number of fused-ring (bicyclic) bond motifs is 1. The first kappa shape index (κ1) is 10.6. The predicted molar refractivity (Wildman–Crippen MR) is 69.3 cm³/mol. The zero-order valence-electron chi connectivity index (χ0n) is 8.78. The quantitative estimate of drug-likeness (QED) is 0.665. The first-order valence-corrected chi connectivity index (χ1v) is 6.04. The molecule has 2 aromatic rings. The van der Waals surface area contributed by atoms with Crippen molar-refractivity contribution in [3.63, 3.8) is 0 Å². The molecule has 1 heteroatoms. The second kappa shape index (κ2) is 5.22. The molecule has 0 atom stereocenters. The topological polar surface area (TPSA) is 0 Å². The number of hydrogen-bond acceptors (Lipinski definition) is 0. The highest BCUT2D eigenvalue weighted by Crippen LogP contribution is 2.20. The summed E-state index contributed by atoms with van der Waals surface area (Å²) in [5.41, 5.74) is 1.46. The smallest absolute Gasteiger partial charge is 0.00370 e. The van der Waals surface area contributed by atoms with E-state index in [0.29, 0.717) is 0 Å². The molecule has 2 rings (SSSR count). The van der Waals surface area contributed by atoms with Crippen molar-refractivity contribution in [1.29, 1.82) is 0 Å². The normalized spacial score (nSPS) is 10.7. The van der Waals surface area contributed by atoms with Gasteiger partial charge in [0.1, 0.15) is 0 Å². The van der Waals surface area contributed by atoms with Crippen LogP contribution in [-0.2, 0) is 6.42 Å². The van der Waals surface area contributed by atoms with E-state index in [4.69, 9.17) is 12.6 Å². The average molecular weight is 215 g/mol. The van der Waals surface area contributed by atoms with Gasteiger partial charge in [0.2, 0.25) is 0 Å². The van der Waals surface area contributed by atoms with Gasteiger partial charge >= 0.3 is 0 Å². The molecule has 0 aliphatic rings. The fourth-order valence-corrected chi connectivity index (χ4v) is 2.13. The lowest BCUT2D eigenvalue weighted by molar-refractivity contribution is 0.808. The standard InChI is InChI=1S/C14H15S/c15-11-4-3-7-13-9-5-8-12-6-1-2-10-14(12)13/h1-2,5-6,8-10H,3-4,7,11H2. The van der Waals surface area contributed by atoms with Gasteiger partial charge in [0, 0.05) is 5.75 Å². The van der Waals surface area contributed by atoms with Gasteiger partial charge in [-0.1, -0.05) is 55.1 Å². The lowest BCUT2D eigenvalue weighted by Crippen LogP contribution is -1.88. The van der Waals surface area contributed by atoms with E-state index in [1.165, 1.54) is 22.8 Å². The second-order valence-electron chi connectivity index (χ2n) is 3.80. The van der Waals surface area contributed by atoms with Gasteiger partial charge < -0.3 is 0 Å². The minimum atomic E-state index is 0.880. The van der Waals surface area contributed by atoms with Crippen LogP contribution in [0.5, 0.6) is 0 Å². The Bertz CT molecular complexity index is 429. The van der Waals surface area contributed by atoms with E-state index in [1.54, 1.807) is 0 Å². The van der Waals surface area contributed by atoms with E-state index in [2.05, 4.69) is 42.5 Å². The maximum Gasteiger partial charge on any atom is 0.00370 e. The highest BCUT2D eigenvalue weighted by Gasteiger charge is 1.99. The Kier molecular flexibility index (Phi) is 3.68. The third kappa shape index (κ3) is 2.54. The zero-order valence-corrected chi connectivity index (χ0v) is 9.59. The number of aryl methyl sites for hydroxylation is 1. The molecular weight excluding hydrogens is 200 g/mol. The Morgan fingerprint density at radius 3 is 2.53 bits per heavy atom. The highest BCUT2D eigenvalue weighted by molar-refractivity contribution is 7.80. The van der Waals surface area contributed by atoms with Gasteiger partial charge in [-0.25, -0.2) is 0 Å². The molecule has 0 bridgehead atoms. The van der Waals surface area contributed by atoms with E-state index in [9.17, 15) is 0 Å². The highest BCUT2D eigenvalue weighted by atomic mass is 32.1. The van der Waals surface area contributed by atoms with Crippen LogP contribution in [0.15, 0.2) is 42.5 Å². The first-order valence-electron chi connectivity index (χ1n) is 5.46. The van der Waals surface area contributed by atoms with Crippen LogP contribution in [0.25, 0.3) is 10.8 Å². The van der Waals surface area contributed by atoms with E-state index in [0.717, 1.165) is 18.6 Å². The van der Waals surface area contributed by atoms with Gasteiger partial charge in [-0.15, -0.1) is 0 Å². The van der Waals surface area contributed by atoms with Crippen LogP contribution in [0.4, 0.5) is 0 Å². The van der Waals surface area contributed by atoms with Gasteiger partial charge in [0.05, 0.1) is 0 Å². The van der Waals surface area contributed by atoms with Crippen LogP contribution in [0.3, 0.4) is 0 Å². The van der Waals surface area contributed by atoms with E-state index in [-0.39, 0.29) is 0 Å². The van der Waals surface area contributed by atoms with E-state index >= 15 is 0 Å². The molecule has 0 aromatic heterocycles. The minimum absolute atomic E-state index is 0.880. The summed E-state index contributed by atoms with van der Waals surface area (Å²) < 4.78 is 0. The molecule has 0 aliphatic carbocycles. The molecule has 0 N–H and O–H groups in total. The van der Waals surface area contributed by atoms with E-state index < -0.39 is 0 Å². The molecule has 1 radical (unpaired) electrons. The lowest BCUT2D eigenvalue weighted by Gasteiger charge is -2.05. The fourth-order valence-electron chi connectivity index (χ4n) is 1.93. The third-order valence-corrected chi connectivity index (χ3v) is 3.01. The van der Waals surface area contributed by atoms with Crippen LogP contribution >= 0.6 is 12.6 Å². The summed E-state index contributed by atoms with van der Waals surface area (Å²) in [4.78, 5) is 0. The van der Waals surface area contributed by atoms with Crippen molar-refractivity contribution in [3.05, 3.63) is 48.0 Å². The fraction of sp³-hybridized carbons (Fsp3) is 0.286. The van der Waals surface area contributed by atoms with Gasteiger partial charge in [-0.3, -0.25) is 0 Å². The largest absolute Gasteiger partial charge is 0.0942 e. The monoisotopic (exact) mass is 215 g/mol. The van der Waals surface area contributed by atoms with Crippen molar-refractivity contribution in [2.75, 3.05) is 5.75 Å². The van der Waals surface area contributed by atoms with Crippen LogP contribution in [0, 0.1) is 0 Å². The van der Waals surface area contributed by atoms with Crippen molar-refractivity contribution in [2.45, 2.75) is 19.3 Å². The van der Waals surface area contributed by atoms with E-state index in [1.807, 2.05) is 0 Å². The molecule has 77 valence electrons. The summed E-state index contributed by atoms with van der Waals surface area (Å²) in [7, 11) is 0. The lowest BCUT2D eigenvalue weighted by atomic mass is 10.0. The van der Waals surface area contributed by atoms with Crippen molar-refractivity contribution in [3.8, 4) is 0 Å². The molecule has 15 heavy (non-hydrogen) atoms. The van der Waals surface area contributed by atoms with Crippen molar-refractivity contribution >= 4 is 23.4 Å². The zero-order chi connectivity index (χ0) is 10.5. The summed E-state index contributed by atoms with van der Waals surface area (Å²) in [5, 5.41) is 2.73. The first-order chi connectivity index (χ1) is 7.42. The molecule has 2 aromatic carbocycles. The third-order valence-electron chi connectivity index (χ3n) is 2.72. The van der Waals surface area contributed by atoms with Gasteiger partial charge in [0.15, 0.2) is 0 Å². The van der Waals surface area contributed by atoms with Gasteiger partial charge in [-0.2, -0.15) is 0 Å². The van der Waals surface area contributed by atoms with Gasteiger partial charge in [-0.05, 0) is 35.6 Å². The maximum absolute atomic E-state index is 4.96. The number of rotatable bonds is 4. The Morgan fingerprint density at radius 2 is 1.67 bits per heavy atom. The second-order valence-corrected chi connectivity index (χ2v) is 4.21. The Morgan fingerprint density at radius 1 is 0.867 bits per heavy atom. The Labute approximate surface area is 96.7 Å². The van der Waals surface area contributed by atoms with Crippen LogP contribution in [0.1, 0.15) is 18.4 Å². The van der Waals surface area contributed by atoms with Crippen molar-refractivity contribution in [1.82, 2.24) is 0 Å². The molecule has 0 fully saturated rings. The summed E-state index contributed by atoms with van der Waals surface area (Å²) in [6, 6.07) is 15.1. The summed E-state index contributed by atoms with van der Waals surface area (Å²) >= 11 is 4.96. The predicted octanol–water partition coefficient (Wildman–Crippen LogP) is 4.36. The maximum atomic E-state index is 4.96. The average Bonchev–Trinajstić information content (AvgIpc) is 2.30. The van der Waals surface area contributed by atoms with Crippen LogP contribution in [-0.4, -0.2) is 5.75 Å². The molecule has 0 amide bonds. The molecule has 0 unspecified atom stereocenters. The van der Waals surface area contributed by atoms with Crippen molar-refractivity contribution in [2.24, 2.45) is 0 Å². The summed E-state index contributed by atoms with van der Waals surface area (Å²) in [5.74, 6) is 0.880. The summed E-state index contributed by atoms with van der Waals surface area (Å²) in [6.45, 7) is 0. The minimum Gasteiger partial charge on any atom is -0.0942 e. The number of hydrogen-bond donors (Lipinski definition) is 0. The molecule has 0 saturated heterocycles. The molecule has 0 spiro atoms. The van der Waals surface area contributed by atoms with Crippen LogP contribution in [0.2, 0.25) is 0 Å². The Hall–Kier alpha value is -0.950. The molecule has 0 heterocycles. The van der Waals surface area contributed by atoms with Crippen LogP contribution < -0.4 is 0 Å². The van der Waals surface area contributed by atoms with Gasteiger partial charge in [0.25, 0.3) is 0 Å². The Balaban J connectivity index is 2.26. The van der Waals surface area contributed by atoms with Crippen molar-refractivity contribution < 1.29 is 0 Å². The molecular formula is C14H15S. The SMILES string of the molecule is [S]CCCCc1cccc2ccccc12. The number of unbranched alkanes of at least 4 members (excludes halogenated alkanes) is 1. The molecule has 0 aliphatic heterocycles. The molecule has 0 nitrogen and oxygen atoms in total. The number of benzene rings is 2. The molecule has 0 saturated carbocycles. The summed E-state index contributed by atoms with van der Waals surface area (Å²) in [6.07, 6.45) is 3.51.